The van der Waals surface area contributed by atoms with Crippen molar-refractivity contribution in [2.24, 2.45) is 7.05 Å². The van der Waals surface area contributed by atoms with E-state index < -0.39 is 11.9 Å². The molecule has 0 aliphatic carbocycles. The third-order valence-corrected chi connectivity index (χ3v) is 4.12. The van der Waals surface area contributed by atoms with Crippen molar-refractivity contribution in [1.82, 2.24) is 25.4 Å². The summed E-state index contributed by atoms with van der Waals surface area (Å²) in [4.78, 5) is 23.1. The summed E-state index contributed by atoms with van der Waals surface area (Å²) in [5.41, 5.74) is 2.10. The summed E-state index contributed by atoms with van der Waals surface area (Å²) in [6.45, 7) is 5.79. The minimum Gasteiger partial charge on any atom is -0.334 e. The third-order valence-electron chi connectivity index (χ3n) is 3.10. The van der Waals surface area contributed by atoms with Crippen LogP contribution >= 0.6 is 11.8 Å². The second-order valence-electron chi connectivity index (χ2n) is 5.07. The van der Waals surface area contributed by atoms with Gasteiger partial charge in [0.25, 0.3) is 0 Å². The van der Waals surface area contributed by atoms with Crippen LogP contribution in [0, 0.1) is 6.92 Å². The van der Waals surface area contributed by atoms with Gasteiger partial charge in [0.15, 0.2) is 11.0 Å². The SMILES string of the molecule is C=CCNC(=O)NC(=O)CSc1nnc(-c2cccc(C)c2)n1C. The maximum Gasteiger partial charge on any atom is 0.321 e. The average Bonchev–Trinajstić information content (AvgIpc) is 2.92. The molecule has 24 heavy (non-hydrogen) atoms. The molecule has 0 fully saturated rings. The highest BCUT2D eigenvalue weighted by Crippen LogP contribution is 2.23. The lowest BCUT2D eigenvalue weighted by atomic mass is 10.1. The van der Waals surface area contributed by atoms with Crippen LogP contribution in [0.4, 0.5) is 4.79 Å². The number of amides is 3. The molecule has 8 heteroatoms. The maximum atomic E-state index is 11.7. The van der Waals surface area contributed by atoms with Crippen LogP contribution < -0.4 is 10.6 Å². The lowest BCUT2D eigenvalue weighted by Crippen LogP contribution is -2.40. The Labute approximate surface area is 144 Å². The minimum absolute atomic E-state index is 0.0707. The lowest BCUT2D eigenvalue weighted by molar-refractivity contribution is -0.117. The Morgan fingerprint density at radius 1 is 1.38 bits per heavy atom. The normalized spacial score (nSPS) is 10.2. The van der Waals surface area contributed by atoms with E-state index in [0.717, 1.165) is 17.0 Å². The Hall–Kier alpha value is -2.61. The molecular formula is C16H19N5O2S. The summed E-state index contributed by atoms with van der Waals surface area (Å²) in [5, 5.41) is 13.6. The average molecular weight is 345 g/mol. The first-order valence-electron chi connectivity index (χ1n) is 7.29. The molecule has 0 saturated heterocycles. The molecule has 2 rings (SSSR count). The largest absolute Gasteiger partial charge is 0.334 e. The summed E-state index contributed by atoms with van der Waals surface area (Å²) in [6, 6.07) is 7.41. The first kappa shape index (κ1) is 17.7. The molecule has 0 radical (unpaired) electrons. The Kier molecular flexibility index (Phi) is 6.14. The quantitative estimate of drug-likeness (QED) is 0.616. The molecule has 2 N–H and O–H groups in total. The van der Waals surface area contributed by atoms with Crippen LogP contribution in [0.25, 0.3) is 11.4 Å². The molecule has 1 heterocycles. The zero-order valence-electron chi connectivity index (χ0n) is 13.6. The van der Waals surface area contributed by atoms with E-state index in [-0.39, 0.29) is 5.75 Å². The second kappa shape index (κ2) is 8.30. The van der Waals surface area contributed by atoms with Gasteiger partial charge in [-0.15, -0.1) is 16.8 Å². The standard InChI is InChI=1S/C16H19N5O2S/c1-4-8-17-15(23)18-13(22)10-24-16-20-19-14(21(16)3)12-7-5-6-11(2)9-12/h4-7,9H,1,8,10H2,2-3H3,(H2,17,18,22,23). The van der Waals surface area contributed by atoms with E-state index in [1.807, 2.05) is 42.8 Å². The number of nitrogens with zero attached hydrogens (tertiary/aromatic N) is 3. The summed E-state index contributed by atoms with van der Waals surface area (Å²) in [7, 11) is 1.84. The monoisotopic (exact) mass is 345 g/mol. The number of aromatic nitrogens is 3. The van der Waals surface area contributed by atoms with Gasteiger partial charge in [0.05, 0.1) is 5.75 Å². The molecule has 7 nitrogen and oxygen atoms in total. The van der Waals surface area contributed by atoms with Gasteiger partial charge in [-0.1, -0.05) is 41.6 Å². The first-order chi connectivity index (χ1) is 11.5. The zero-order valence-corrected chi connectivity index (χ0v) is 14.4. The first-order valence-corrected chi connectivity index (χ1v) is 8.27. The molecule has 126 valence electrons. The number of aryl methyl sites for hydroxylation is 1. The van der Waals surface area contributed by atoms with Crippen LogP contribution in [-0.2, 0) is 11.8 Å². The van der Waals surface area contributed by atoms with E-state index in [9.17, 15) is 9.59 Å². The Morgan fingerprint density at radius 3 is 2.88 bits per heavy atom. The molecule has 1 aromatic heterocycles. The molecule has 1 aromatic carbocycles. The van der Waals surface area contributed by atoms with Crippen molar-refractivity contribution in [3.8, 4) is 11.4 Å². The molecule has 3 amide bonds. The molecule has 0 aliphatic heterocycles. The predicted molar refractivity (Wildman–Crippen MR) is 93.6 cm³/mol. The van der Waals surface area contributed by atoms with Gasteiger partial charge >= 0.3 is 6.03 Å². The van der Waals surface area contributed by atoms with Gasteiger partial charge in [-0.05, 0) is 13.0 Å². The van der Waals surface area contributed by atoms with Crippen molar-refractivity contribution in [3.63, 3.8) is 0 Å². The molecule has 0 saturated carbocycles. The number of benzene rings is 1. The zero-order chi connectivity index (χ0) is 17.5. The molecule has 0 unspecified atom stereocenters. The van der Waals surface area contributed by atoms with E-state index >= 15 is 0 Å². The smallest absolute Gasteiger partial charge is 0.321 e. The summed E-state index contributed by atoms with van der Waals surface area (Å²) >= 11 is 1.22. The number of hydrogen-bond donors (Lipinski definition) is 2. The van der Waals surface area contributed by atoms with Gasteiger partial charge in [0.2, 0.25) is 5.91 Å². The fourth-order valence-electron chi connectivity index (χ4n) is 1.98. The Balaban J connectivity index is 1.96. The van der Waals surface area contributed by atoms with Crippen molar-refractivity contribution >= 4 is 23.7 Å². The van der Waals surface area contributed by atoms with Crippen molar-refractivity contribution in [2.45, 2.75) is 12.1 Å². The van der Waals surface area contributed by atoms with Crippen LogP contribution in [0.2, 0.25) is 0 Å². The van der Waals surface area contributed by atoms with Gasteiger partial charge in [-0.2, -0.15) is 0 Å². The fourth-order valence-corrected chi connectivity index (χ4v) is 2.69. The van der Waals surface area contributed by atoms with Crippen molar-refractivity contribution in [3.05, 3.63) is 42.5 Å². The van der Waals surface area contributed by atoms with Crippen LogP contribution in [0.3, 0.4) is 0 Å². The van der Waals surface area contributed by atoms with Crippen molar-refractivity contribution in [2.75, 3.05) is 12.3 Å². The molecular weight excluding hydrogens is 326 g/mol. The number of nitrogens with one attached hydrogen (secondary N) is 2. The summed E-state index contributed by atoms with van der Waals surface area (Å²) in [6.07, 6.45) is 1.53. The minimum atomic E-state index is -0.543. The van der Waals surface area contributed by atoms with Crippen molar-refractivity contribution in [1.29, 1.82) is 0 Å². The van der Waals surface area contributed by atoms with E-state index in [1.165, 1.54) is 17.8 Å². The van der Waals surface area contributed by atoms with Crippen LogP contribution in [-0.4, -0.2) is 39.0 Å². The van der Waals surface area contributed by atoms with E-state index in [4.69, 9.17) is 0 Å². The second-order valence-corrected chi connectivity index (χ2v) is 6.01. The summed E-state index contributed by atoms with van der Waals surface area (Å²) < 4.78 is 1.82. The molecule has 0 atom stereocenters. The highest BCUT2D eigenvalue weighted by Gasteiger charge is 2.14. The Morgan fingerprint density at radius 2 is 2.17 bits per heavy atom. The third kappa shape index (κ3) is 4.69. The number of urea groups is 1. The molecule has 0 aliphatic rings. The van der Waals surface area contributed by atoms with Gasteiger partial charge in [-0.3, -0.25) is 10.1 Å². The number of carbonyl (C=O) groups excluding carboxylic acids is 2. The summed E-state index contributed by atoms with van der Waals surface area (Å²) in [5.74, 6) is 0.397. The number of imide groups is 1. The highest BCUT2D eigenvalue weighted by molar-refractivity contribution is 7.99. The van der Waals surface area contributed by atoms with Crippen molar-refractivity contribution < 1.29 is 9.59 Å². The van der Waals surface area contributed by atoms with Crippen LogP contribution in [0.1, 0.15) is 5.56 Å². The van der Waals surface area contributed by atoms with E-state index in [2.05, 4.69) is 27.4 Å². The van der Waals surface area contributed by atoms with Crippen LogP contribution in [0.15, 0.2) is 42.1 Å². The van der Waals surface area contributed by atoms with Gasteiger partial charge in [0.1, 0.15) is 0 Å². The highest BCUT2D eigenvalue weighted by atomic mass is 32.2. The topological polar surface area (TPSA) is 88.9 Å². The predicted octanol–water partition coefficient (Wildman–Crippen LogP) is 1.89. The lowest BCUT2D eigenvalue weighted by Gasteiger charge is -2.05. The number of carbonyl (C=O) groups is 2. The van der Waals surface area contributed by atoms with Gasteiger partial charge in [0, 0.05) is 19.2 Å². The maximum absolute atomic E-state index is 11.7. The van der Waals surface area contributed by atoms with E-state index in [0.29, 0.717) is 11.7 Å². The fraction of sp³-hybridized carbons (Fsp3) is 0.250. The Bertz CT molecular complexity index is 757. The van der Waals surface area contributed by atoms with E-state index in [1.54, 1.807) is 0 Å². The molecule has 2 aromatic rings. The molecule has 0 bridgehead atoms. The number of thioether (sulfide) groups is 1. The van der Waals surface area contributed by atoms with Gasteiger partial charge < -0.3 is 9.88 Å². The molecule has 0 spiro atoms. The van der Waals surface area contributed by atoms with Crippen LogP contribution in [0.5, 0.6) is 0 Å². The number of hydrogen-bond acceptors (Lipinski definition) is 5. The van der Waals surface area contributed by atoms with Gasteiger partial charge in [-0.25, -0.2) is 4.79 Å². The number of rotatable bonds is 6.